The minimum atomic E-state index is -0.0778. The third kappa shape index (κ3) is 4.39. The summed E-state index contributed by atoms with van der Waals surface area (Å²) >= 11 is 0. The SMILES string of the molecule is CC(C)(C)CC(C)(C)NCc1nc2ccccc2c(=O)[nH]1. The van der Waals surface area contributed by atoms with Gasteiger partial charge in [-0.15, -0.1) is 0 Å². The quantitative estimate of drug-likeness (QED) is 0.907. The maximum absolute atomic E-state index is 12.0. The highest BCUT2D eigenvalue weighted by Gasteiger charge is 2.25. The van der Waals surface area contributed by atoms with Crippen LogP contribution in [0.1, 0.15) is 46.9 Å². The Morgan fingerprint density at radius 3 is 2.48 bits per heavy atom. The molecule has 0 unspecified atom stereocenters. The first kappa shape index (κ1) is 15.7. The number of hydrogen-bond acceptors (Lipinski definition) is 3. The van der Waals surface area contributed by atoms with Crippen molar-refractivity contribution in [2.75, 3.05) is 0 Å². The second-order valence-electron chi connectivity index (χ2n) is 7.50. The van der Waals surface area contributed by atoms with Crippen LogP contribution in [0.15, 0.2) is 29.1 Å². The maximum atomic E-state index is 12.0. The van der Waals surface area contributed by atoms with Gasteiger partial charge < -0.3 is 10.3 Å². The second kappa shape index (κ2) is 5.60. The van der Waals surface area contributed by atoms with Crippen LogP contribution in [0.3, 0.4) is 0 Å². The molecule has 0 saturated heterocycles. The zero-order chi connectivity index (χ0) is 15.7. The molecule has 21 heavy (non-hydrogen) atoms. The molecule has 114 valence electrons. The molecule has 4 heteroatoms. The molecule has 1 aromatic heterocycles. The lowest BCUT2D eigenvalue weighted by Crippen LogP contribution is -2.42. The van der Waals surface area contributed by atoms with Crippen LogP contribution in [0.25, 0.3) is 10.9 Å². The molecule has 0 fully saturated rings. The van der Waals surface area contributed by atoms with Crippen molar-refractivity contribution in [3.05, 3.63) is 40.4 Å². The van der Waals surface area contributed by atoms with E-state index < -0.39 is 0 Å². The van der Waals surface area contributed by atoms with Crippen molar-refractivity contribution in [3.63, 3.8) is 0 Å². The summed E-state index contributed by atoms with van der Waals surface area (Å²) in [4.78, 5) is 19.4. The highest BCUT2D eigenvalue weighted by atomic mass is 16.1. The minimum Gasteiger partial charge on any atom is -0.309 e. The van der Waals surface area contributed by atoms with E-state index in [0.29, 0.717) is 17.8 Å². The second-order valence-corrected chi connectivity index (χ2v) is 7.50. The average Bonchev–Trinajstić information content (AvgIpc) is 2.34. The van der Waals surface area contributed by atoms with E-state index in [2.05, 4.69) is 49.9 Å². The topological polar surface area (TPSA) is 57.8 Å². The van der Waals surface area contributed by atoms with Crippen molar-refractivity contribution >= 4 is 10.9 Å². The molecule has 2 N–H and O–H groups in total. The Labute approximate surface area is 126 Å². The minimum absolute atomic E-state index is 0.0114. The van der Waals surface area contributed by atoms with E-state index in [9.17, 15) is 4.79 Å². The normalized spacial score (nSPS) is 12.8. The molecule has 0 aliphatic rings. The van der Waals surface area contributed by atoms with Crippen LogP contribution in [0, 0.1) is 5.41 Å². The van der Waals surface area contributed by atoms with E-state index in [1.807, 2.05) is 18.2 Å². The van der Waals surface area contributed by atoms with Crippen molar-refractivity contribution < 1.29 is 0 Å². The van der Waals surface area contributed by atoms with Crippen LogP contribution in [-0.4, -0.2) is 15.5 Å². The van der Waals surface area contributed by atoms with Crippen LogP contribution in [-0.2, 0) is 6.54 Å². The van der Waals surface area contributed by atoms with Crippen molar-refractivity contribution in [3.8, 4) is 0 Å². The van der Waals surface area contributed by atoms with Gasteiger partial charge in [0, 0.05) is 5.54 Å². The van der Waals surface area contributed by atoms with Crippen molar-refractivity contribution in [1.82, 2.24) is 15.3 Å². The number of hydrogen-bond donors (Lipinski definition) is 2. The number of H-pyrrole nitrogens is 1. The lowest BCUT2D eigenvalue weighted by molar-refractivity contribution is 0.239. The standard InChI is InChI=1S/C17H25N3O/c1-16(2,3)11-17(4,5)18-10-14-19-13-9-7-6-8-12(13)15(21)20-14/h6-9,18H,10-11H2,1-5H3,(H,19,20,21). The van der Waals surface area contributed by atoms with E-state index in [1.165, 1.54) is 0 Å². The molecule has 0 aliphatic heterocycles. The zero-order valence-electron chi connectivity index (χ0n) is 13.6. The van der Waals surface area contributed by atoms with Gasteiger partial charge in [-0.2, -0.15) is 0 Å². The molecular formula is C17H25N3O. The van der Waals surface area contributed by atoms with Gasteiger partial charge in [0.2, 0.25) is 0 Å². The smallest absolute Gasteiger partial charge is 0.258 e. The average molecular weight is 287 g/mol. The summed E-state index contributed by atoms with van der Waals surface area (Å²) in [7, 11) is 0. The lowest BCUT2D eigenvalue weighted by Gasteiger charge is -2.33. The highest BCUT2D eigenvalue weighted by molar-refractivity contribution is 5.77. The van der Waals surface area contributed by atoms with Gasteiger partial charge in [0.1, 0.15) is 5.82 Å². The molecule has 1 heterocycles. The van der Waals surface area contributed by atoms with Crippen LogP contribution >= 0.6 is 0 Å². The number of benzene rings is 1. The van der Waals surface area contributed by atoms with Crippen LogP contribution in [0.5, 0.6) is 0 Å². The number of nitrogens with one attached hydrogen (secondary N) is 2. The third-order valence-electron chi connectivity index (χ3n) is 3.37. The van der Waals surface area contributed by atoms with Gasteiger partial charge in [-0.1, -0.05) is 32.9 Å². The maximum Gasteiger partial charge on any atom is 0.258 e. The lowest BCUT2D eigenvalue weighted by atomic mass is 9.82. The van der Waals surface area contributed by atoms with Gasteiger partial charge in [-0.3, -0.25) is 4.79 Å². The van der Waals surface area contributed by atoms with Gasteiger partial charge >= 0.3 is 0 Å². The number of nitrogens with zero attached hydrogens (tertiary/aromatic N) is 1. The summed E-state index contributed by atoms with van der Waals surface area (Å²) in [6, 6.07) is 7.41. The summed E-state index contributed by atoms with van der Waals surface area (Å²) in [6.07, 6.45) is 1.04. The predicted octanol–water partition coefficient (Wildman–Crippen LogP) is 3.23. The summed E-state index contributed by atoms with van der Waals surface area (Å²) < 4.78 is 0. The molecule has 0 aliphatic carbocycles. The highest BCUT2D eigenvalue weighted by Crippen LogP contribution is 2.26. The van der Waals surface area contributed by atoms with Crippen LogP contribution < -0.4 is 10.9 Å². The van der Waals surface area contributed by atoms with E-state index >= 15 is 0 Å². The monoisotopic (exact) mass is 287 g/mol. The van der Waals surface area contributed by atoms with Gasteiger partial charge in [0.15, 0.2) is 0 Å². The first-order valence-corrected chi connectivity index (χ1v) is 7.39. The molecule has 0 bridgehead atoms. The Morgan fingerprint density at radius 1 is 1.14 bits per heavy atom. The first-order valence-electron chi connectivity index (χ1n) is 7.39. The molecule has 0 atom stereocenters. The summed E-state index contributed by atoms with van der Waals surface area (Å²) in [5, 5.41) is 4.13. The summed E-state index contributed by atoms with van der Waals surface area (Å²) in [6.45, 7) is 11.6. The Morgan fingerprint density at radius 2 is 1.81 bits per heavy atom. The molecule has 0 saturated carbocycles. The fraction of sp³-hybridized carbons (Fsp3) is 0.529. The van der Waals surface area contributed by atoms with Crippen molar-refractivity contribution in [2.45, 2.75) is 53.1 Å². The number of para-hydroxylation sites is 1. The molecule has 2 aromatic rings. The number of aromatic amines is 1. The van der Waals surface area contributed by atoms with Crippen LogP contribution in [0.2, 0.25) is 0 Å². The molecule has 4 nitrogen and oxygen atoms in total. The predicted molar refractivity (Wildman–Crippen MR) is 87.4 cm³/mol. The summed E-state index contributed by atoms with van der Waals surface area (Å²) in [5.74, 6) is 0.681. The fourth-order valence-corrected chi connectivity index (χ4v) is 2.93. The van der Waals surface area contributed by atoms with Gasteiger partial charge in [-0.05, 0) is 37.8 Å². The molecule has 0 amide bonds. The molecule has 1 aromatic carbocycles. The third-order valence-corrected chi connectivity index (χ3v) is 3.37. The van der Waals surface area contributed by atoms with Crippen molar-refractivity contribution in [2.24, 2.45) is 5.41 Å². The number of fused-ring (bicyclic) bond motifs is 1. The fourth-order valence-electron chi connectivity index (χ4n) is 2.93. The van der Waals surface area contributed by atoms with Gasteiger partial charge in [0.25, 0.3) is 5.56 Å². The Balaban J connectivity index is 2.15. The van der Waals surface area contributed by atoms with E-state index in [0.717, 1.165) is 11.9 Å². The Hall–Kier alpha value is -1.68. The largest absolute Gasteiger partial charge is 0.309 e. The van der Waals surface area contributed by atoms with E-state index in [-0.39, 0.29) is 16.5 Å². The Bertz CT molecular complexity index is 680. The van der Waals surface area contributed by atoms with Crippen molar-refractivity contribution in [1.29, 1.82) is 0 Å². The number of aromatic nitrogens is 2. The molecular weight excluding hydrogens is 262 g/mol. The molecule has 0 radical (unpaired) electrons. The molecule has 0 spiro atoms. The Kier molecular flexibility index (Phi) is 4.19. The number of rotatable bonds is 4. The summed E-state index contributed by atoms with van der Waals surface area (Å²) in [5.41, 5.74) is 0.904. The van der Waals surface area contributed by atoms with Crippen LogP contribution in [0.4, 0.5) is 0 Å². The van der Waals surface area contributed by atoms with E-state index in [4.69, 9.17) is 0 Å². The first-order chi connectivity index (χ1) is 9.66. The van der Waals surface area contributed by atoms with Gasteiger partial charge in [-0.25, -0.2) is 4.98 Å². The van der Waals surface area contributed by atoms with Gasteiger partial charge in [0.05, 0.1) is 17.4 Å². The zero-order valence-corrected chi connectivity index (χ0v) is 13.6. The van der Waals surface area contributed by atoms with E-state index in [1.54, 1.807) is 6.07 Å². The molecule has 2 rings (SSSR count).